The van der Waals surface area contributed by atoms with Crippen molar-refractivity contribution in [1.82, 2.24) is 0 Å². The maximum Gasteiger partial charge on any atom is 0.265 e. The summed E-state index contributed by atoms with van der Waals surface area (Å²) in [5.41, 5.74) is 1.27. The summed E-state index contributed by atoms with van der Waals surface area (Å²) < 4.78 is 10.8. The Bertz CT molecular complexity index is 698. The van der Waals surface area contributed by atoms with E-state index in [1.165, 1.54) is 7.11 Å². The standard InChI is InChI=1S/C19H21NO4/c1-14(2)20(16-7-5-4-6-8-16)19(22)13-24-18-11-15(12-21)9-10-17(18)23-3/h4-12,14H,13H2,1-3H3. The second kappa shape index (κ2) is 8.15. The average molecular weight is 327 g/mol. The van der Waals surface area contributed by atoms with Gasteiger partial charge in [0.15, 0.2) is 18.1 Å². The third kappa shape index (κ3) is 4.13. The highest BCUT2D eigenvalue weighted by atomic mass is 16.5. The highest BCUT2D eigenvalue weighted by Crippen LogP contribution is 2.28. The SMILES string of the molecule is COc1ccc(C=O)cc1OCC(=O)N(c1ccccc1)C(C)C. The van der Waals surface area contributed by atoms with Crippen molar-refractivity contribution in [3.8, 4) is 11.5 Å². The fourth-order valence-corrected chi connectivity index (χ4v) is 2.41. The van der Waals surface area contributed by atoms with Gasteiger partial charge in [-0.3, -0.25) is 9.59 Å². The normalized spacial score (nSPS) is 10.3. The number of hydrogen-bond acceptors (Lipinski definition) is 4. The van der Waals surface area contributed by atoms with Crippen molar-refractivity contribution in [1.29, 1.82) is 0 Å². The van der Waals surface area contributed by atoms with E-state index in [0.717, 1.165) is 12.0 Å². The molecule has 0 radical (unpaired) electrons. The number of hydrogen-bond donors (Lipinski definition) is 0. The van der Waals surface area contributed by atoms with Gasteiger partial charge in [-0.25, -0.2) is 0 Å². The minimum Gasteiger partial charge on any atom is -0.493 e. The zero-order valence-electron chi connectivity index (χ0n) is 14.1. The maximum absolute atomic E-state index is 12.6. The number of para-hydroxylation sites is 1. The van der Waals surface area contributed by atoms with Gasteiger partial charge in [0.2, 0.25) is 0 Å². The predicted octanol–water partition coefficient (Wildman–Crippen LogP) is 3.33. The van der Waals surface area contributed by atoms with Gasteiger partial charge >= 0.3 is 0 Å². The van der Waals surface area contributed by atoms with Gasteiger partial charge < -0.3 is 14.4 Å². The Morgan fingerprint density at radius 1 is 1.12 bits per heavy atom. The molecule has 0 unspecified atom stereocenters. The van der Waals surface area contributed by atoms with Crippen molar-refractivity contribution in [2.75, 3.05) is 18.6 Å². The molecule has 24 heavy (non-hydrogen) atoms. The van der Waals surface area contributed by atoms with Crippen LogP contribution in [0, 0.1) is 0 Å². The molecule has 5 nitrogen and oxygen atoms in total. The van der Waals surface area contributed by atoms with E-state index >= 15 is 0 Å². The van der Waals surface area contributed by atoms with Gasteiger partial charge in [-0.2, -0.15) is 0 Å². The molecule has 0 aliphatic rings. The monoisotopic (exact) mass is 327 g/mol. The lowest BCUT2D eigenvalue weighted by molar-refractivity contribution is -0.120. The Morgan fingerprint density at radius 2 is 1.83 bits per heavy atom. The molecule has 0 fully saturated rings. The zero-order chi connectivity index (χ0) is 17.5. The lowest BCUT2D eigenvalue weighted by Gasteiger charge is -2.27. The molecular formula is C19H21NO4. The van der Waals surface area contributed by atoms with Crippen molar-refractivity contribution in [2.24, 2.45) is 0 Å². The summed E-state index contributed by atoms with van der Waals surface area (Å²) in [4.78, 5) is 25.2. The molecule has 5 heteroatoms. The van der Waals surface area contributed by atoms with E-state index in [2.05, 4.69) is 0 Å². The molecule has 0 aliphatic carbocycles. The highest BCUT2D eigenvalue weighted by molar-refractivity contribution is 5.95. The Kier molecular flexibility index (Phi) is 5.95. The summed E-state index contributed by atoms with van der Waals surface area (Å²) in [6.45, 7) is 3.74. The Morgan fingerprint density at radius 3 is 2.42 bits per heavy atom. The fourth-order valence-electron chi connectivity index (χ4n) is 2.41. The summed E-state index contributed by atoms with van der Waals surface area (Å²) in [6.07, 6.45) is 0.721. The molecule has 0 N–H and O–H groups in total. The quantitative estimate of drug-likeness (QED) is 0.732. The van der Waals surface area contributed by atoms with Crippen LogP contribution in [0.3, 0.4) is 0 Å². The van der Waals surface area contributed by atoms with Crippen molar-refractivity contribution in [2.45, 2.75) is 19.9 Å². The Balaban J connectivity index is 2.15. The average Bonchev–Trinajstić information content (AvgIpc) is 2.60. The molecule has 0 bridgehead atoms. The third-order valence-corrected chi connectivity index (χ3v) is 3.49. The van der Waals surface area contributed by atoms with E-state index < -0.39 is 0 Å². The molecule has 0 saturated heterocycles. The number of amides is 1. The third-order valence-electron chi connectivity index (χ3n) is 3.49. The van der Waals surface area contributed by atoms with E-state index in [1.54, 1.807) is 23.1 Å². The van der Waals surface area contributed by atoms with Crippen LogP contribution in [0.2, 0.25) is 0 Å². The van der Waals surface area contributed by atoms with E-state index in [9.17, 15) is 9.59 Å². The first kappa shape index (κ1) is 17.5. The molecule has 2 aromatic rings. The Labute approximate surface area is 141 Å². The first-order chi connectivity index (χ1) is 11.6. The maximum atomic E-state index is 12.6. The van der Waals surface area contributed by atoms with Gasteiger partial charge in [-0.15, -0.1) is 0 Å². The van der Waals surface area contributed by atoms with E-state index in [-0.39, 0.29) is 18.6 Å². The van der Waals surface area contributed by atoms with Crippen molar-refractivity contribution < 1.29 is 19.1 Å². The van der Waals surface area contributed by atoms with Crippen LogP contribution in [0.4, 0.5) is 5.69 Å². The summed E-state index contributed by atoms with van der Waals surface area (Å²) in [7, 11) is 1.51. The fraction of sp³-hybridized carbons (Fsp3) is 0.263. The van der Waals surface area contributed by atoms with Crippen molar-refractivity contribution in [3.63, 3.8) is 0 Å². The van der Waals surface area contributed by atoms with Gasteiger partial charge in [-0.05, 0) is 44.2 Å². The number of anilines is 1. The summed E-state index contributed by atoms with van der Waals surface area (Å²) >= 11 is 0. The first-order valence-corrected chi connectivity index (χ1v) is 7.70. The van der Waals surface area contributed by atoms with Crippen LogP contribution in [0.25, 0.3) is 0 Å². The number of benzene rings is 2. The molecule has 0 heterocycles. The van der Waals surface area contributed by atoms with Gasteiger partial charge in [0.05, 0.1) is 7.11 Å². The number of carbonyl (C=O) groups excluding carboxylic acids is 2. The topological polar surface area (TPSA) is 55.8 Å². The second-order valence-corrected chi connectivity index (χ2v) is 5.51. The minimum atomic E-state index is -0.172. The van der Waals surface area contributed by atoms with Crippen LogP contribution in [-0.4, -0.2) is 32.0 Å². The van der Waals surface area contributed by atoms with Gasteiger partial charge in [-0.1, -0.05) is 18.2 Å². The number of nitrogens with zero attached hydrogens (tertiary/aromatic N) is 1. The second-order valence-electron chi connectivity index (χ2n) is 5.51. The number of methoxy groups -OCH3 is 1. The molecule has 0 atom stereocenters. The predicted molar refractivity (Wildman–Crippen MR) is 92.9 cm³/mol. The van der Waals surface area contributed by atoms with Crippen LogP contribution in [-0.2, 0) is 4.79 Å². The van der Waals surface area contributed by atoms with Crippen molar-refractivity contribution in [3.05, 3.63) is 54.1 Å². The molecule has 0 aromatic heterocycles. The number of rotatable bonds is 7. The molecule has 0 aliphatic heterocycles. The molecule has 126 valence electrons. The highest BCUT2D eigenvalue weighted by Gasteiger charge is 2.20. The number of ether oxygens (including phenoxy) is 2. The first-order valence-electron chi connectivity index (χ1n) is 7.70. The van der Waals surface area contributed by atoms with Crippen LogP contribution in [0.15, 0.2) is 48.5 Å². The van der Waals surface area contributed by atoms with E-state index in [1.807, 2.05) is 44.2 Å². The van der Waals surface area contributed by atoms with Crippen molar-refractivity contribution >= 4 is 17.9 Å². The molecule has 0 spiro atoms. The van der Waals surface area contributed by atoms with Crippen LogP contribution < -0.4 is 14.4 Å². The molecule has 1 amide bonds. The smallest absolute Gasteiger partial charge is 0.265 e. The summed E-state index contributed by atoms with van der Waals surface area (Å²) in [5.74, 6) is 0.672. The van der Waals surface area contributed by atoms with Gasteiger partial charge in [0.1, 0.15) is 6.29 Å². The molecule has 2 aromatic carbocycles. The number of aldehydes is 1. The van der Waals surface area contributed by atoms with Crippen LogP contribution in [0.5, 0.6) is 11.5 Å². The zero-order valence-corrected chi connectivity index (χ0v) is 14.1. The van der Waals surface area contributed by atoms with Crippen LogP contribution >= 0.6 is 0 Å². The number of carbonyl (C=O) groups is 2. The summed E-state index contributed by atoms with van der Waals surface area (Å²) in [6, 6.07) is 14.3. The lowest BCUT2D eigenvalue weighted by Crippen LogP contribution is -2.40. The summed E-state index contributed by atoms with van der Waals surface area (Å²) in [5, 5.41) is 0. The van der Waals surface area contributed by atoms with E-state index in [4.69, 9.17) is 9.47 Å². The molecule has 2 rings (SSSR count). The largest absolute Gasteiger partial charge is 0.493 e. The molecule has 0 saturated carbocycles. The lowest BCUT2D eigenvalue weighted by atomic mass is 10.2. The van der Waals surface area contributed by atoms with E-state index in [0.29, 0.717) is 17.1 Å². The van der Waals surface area contributed by atoms with Gasteiger partial charge in [0, 0.05) is 17.3 Å². The van der Waals surface area contributed by atoms with Crippen LogP contribution in [0.1, 0.15) is 24.2 Å². The van der Waals surface area contributed by atoms with Gasteiger partial charge in [0.25, 0.3) is 5.91 Å². The Hall–Kier alpha value is -2.82. The molecular weight excluding hydrogens is 306 g/mol. The minimum absolute atomic E-state index is 0.00768.